The second kappa shape index (κ2) is 4.67. The lowest BCUT2D eigenvalue weighted by Gasteiger charge is -2.04. The van der Waals surface area contributed by atoms with E-state index in [2.05, 4.69) is 49.7 Å². The molecular formula is C17H19N3. The van der Waals surface area contributed by atoms with Crippen molar-refractivity contribution in [1.82, 2.24) is 9.55 Å². The van der Waals surface area contributed by atoms with E-state index in [1.54, 1.807) is 0 Å². The van der Waals surface area contributed by atoms with Crippen molar-refractivity contribution in [2.75, 3.05) is 5.73 Å². The highest BCUT2D eigenvalue weighted by Crippen LogP contribution is 2.21. The highest BCUT2D eigenvalue weighted by Gasteiger charge is 2.09. The van der Waals surface area contributed by atoms with Gasteiger partial charge in [-0.3, -0.25) is 0 Å². The number of aryl methyl sites for hydroxylation is 3. The van der Waals surface area contributed by atoms with Crippen molar-refractivity contribution in [3.63, 3.8) is 0 Å². The lowest BCUT2D eigenvalue weighted by molar-refractivity contribution is 0.844. The van der Waals surface area contributed by atoms with Crippen LogP contribution in [0.25, 0.3) is 11.0 Å². The first-order valence-corrected chi connectivity index (χ1v) is 6.81. The molecule has 1 heterocycles. The fraction of sp³-hybridized carbons (Fsp3) is 0.235. The molecule has 3 nitrogen and oxygen atoms in total. The van der Waals surface area contributed by atoms with Crippen molar-refractivity contribution in [2.45, 2.75) is 20.3 Å². The smallest absolute Gasteiger partial charge is 0.114 e. The first-order chi connectivity index (χ1) is 9.54. The van der Waals surface area contributed by atoms with E-state index in [1.165, 1.54) is 22.2 Å². The van der Waals surface area contributed by atoms with Crippen molar-refractivity contribution < 1.29 is 0 Å². The van der Waals surface area contributed by atoms with Crippen LogP contribution in [-0.4, -0.2) is 9.55 Å². The number of nitrogens with two attached hydrogens (primary N) is 1. The maximum Gasteiger partial charge on any atom is 0.114 e. The van der Waals surface area contributed by atoms with Gasteiger partial charge in [-0.05, 0) is 54.8 Å². The zero-order chi connectivity index (χ0) is 14.3. The van der Waals surface area contributed by atoms with E-state index in [9.17, 15) is 0 Å². The minimum Gasteiger partial charge on any atom is -0.399 e. The fourth-order valence-electron chi connectivity index (χ4n) is 2.47. The SMILES string of the molecule is Cc1cc2nc(Cc3ccc(N)cc3)n(C)c2cc1C. The van der Waals surface area contributed by atoms with Crippen LogP contribution in [0, 0.1) is 13.8 Å². The predicted molar refractivity (Wildman–Crippen MR) is 83.8 cm³/mol. The Bertz CT molecular complexity index is 767. The van der Waals surface area contributed by atoms with E-state index in [4.69, 9.17) is 10.7 Å². The summed E-state index contributed by atoms with van der Waals surface area (Å²) < 4.78 is 2.18. The van der Waals surface area contributed by atoms with Crippen molar-refractivity contribution >= 4 is 16.7 Å². The van der Waals surface area contributed by atoms with Crippen molar-refractivity contribution in [3.8, 4) is 0 Å². The van der Waals surface area contributed by atoms with Crippen molar-refractivity contribution in [1.29, 1.82) is 0 Å². The third-order valence-corrected chi connectivity index (χ3v) is 3.93. The highest BCUT2D eigenvalue weighted by atomic mass is 15.1. The number of imidazole rings is 1. The average Bonchev–Trinajstić information content (AvgIpc) is 2.70. The van der Waals surface area contributed by atoms with Crippen LogP contribution < -0.4 is 5.73 Å². The molecule has 0 radical (unpaired) electrons. The number of fused-ring (bicyclic) bond motifs is 1. The molecule has 0 saturated heterocycles. The third-order valence-electron chi connectivity index (χ3n) is 3.93. The minimum atomic E-state index is 0.796. The van der Waals surface area contributed by atoms with E-state index >= 15 is 0 Å². The van der Waals surface area contributed by atoms with Gasteiger partial charge in [0.05, 0.1) is 11.0 Å². The second-order valence-electron chi connectivity index (χ2n) is 5.43. The van der Waals surface area contributed by atoms with Crippen LogP contribution >= 0.6 is 0 Å². The van der Waals surface area contributed by atoms with E-state index in [0.29, 0.717) is 0 Å². The molecule has 0 spiro atoms. The van der Waals surface area contributed by atoms with E-state index < -0.39 is 0 Å². The Hall–Kier alpha value is -2.29. The largest absolute Gasteiger partial charge is 0.399 e. The Morgan fingerprint density at radius 2 is 1.70 bits per heavy atom. The monoisotopic (exact) mass is 265 g/mol. The van der Waals surface area contributed by atoms with E-state index in [0.717, 1.165) is 23.4 Å². The molecule has 3 rings (SSSR count). The predicted octanol–water partition coefficient (Wildman–Crippen LogP) is 3.36. The lowest BCUT2D eigenvalue weighted by atomic mass is 10.1. The van der Waals surface area contributed by atoms with Gasteiger partial charge in [-0.15, -0.1) is 0 Å². The van der Waals surface area contributed by atoms with Crippen LogP contribution in [0.1, 0.15) is 22.5 Å². The molecule has 0 fully saturated rings. The molecule has 3 aromatic rings. The van der Waals surface area contributed by atoms with Gasteiger partial charge < -0.3 is 10.3 Å². The molecule has 1 aromatic heterocycles. The standard InChI is InChI=1S/C17H19N3/c1-11-8-15-16(9-12(11)2)20(3)17(19-15)10-13-4-6-14(18)7-5-13/h4-9H,10,18H2,1-3H3. The number of benzene rings is 2. The average molecular weight is 265 g/mol. The van der Waals surface area contributed by atoms with Crippen LogP contribution in [0.3, 0.4) is 0 Å². The molecule has 0 aliphatic carbocycles. The van der Waals surface area contributed by atoms with Crippen LogP contribution in [0.4, 0.5) is 5.69 Å². The first kappa shape index (κ1) is 12.7. The molecule has 0 bridgehead atoms. The molecule has 0 amide bonds. The quantitative estimate of drug-likeness (QED) is 0.722. The first-order valence-electron chi connectivity index (χ1n) is 6.81. The maximum atomic E-state index is 5.72. The number of hydrogen-bond acceptors (Lipinski definition) is 2. The van der Waals surface area contributed by atoms with Crippen molar-refractivity contribution in [3.05, 3.63) is 58.9 Å². The summed E-state index contributed by atoms with van der Waals surface area (Å²) in [5, 5.41) is 0. The zero-order valence-corrected chi connectivity index (χ0v) is 12.1. The van der Waals surface area contributed by atoms with Crippen LogP contribution in [0.15, 0.2) is 36.4 Å². The number of aromatic nitrogens is 2. The summed E-state index contributed by atoms with van der Waals surface area (Å²) in [5.74, 6) is 1.08. The van der Waals surface area contributed by atoms with Gasteiger partial charge in [-0.2, -0.15) is 0 Å². The summed E-state index contributed by atoms with van der Waals surface area (Å²) in [7, 11) is 2.08. The number of hydrogen-bond donors (Lipinski definition) is 1. The number of nitrogens with zero attached hydrogens (tertiary/aromatic N) is 2. The molecule has 20 heavy (non-hydrogen) atoms. The highest BCUT2D eigenvalue weighted by molar-refractivity contribution is 5.78. The zero-order valence-electron chi connectivity index (χ0n) is 12.1. The summed E-state index contributed by atoms with van der Waals surface area (Å²) >= 11 is 0. The third kappa shape index (κ3) is 2.16. The molecule has 0 saturated carbocycles. The summed E-state index contributed by atoms with van der Waals surface area (Å²) in [5.41, 5.74) is 12.6. The van der Waals surface area contributed by atoms with Gasteiger partial charge in [0.25, 0.3) is 0 Å². The Morgan fingerprint density at radius 3 is 2.40 bits per heavy atom. The Balaban J connectivity index is 2.03. The molecule has 3 heteroatoms. The molecule has 0 aliphatic rings. The Kier molecular flexibility index (Phi) is 2.97. The molecule has 2 aromatic carbocycles. The van der Waals surface area contributed by atoms with Gasteiger partial charge in [-0.1, -0.05) is 12.1 Å². The molecule has 0 atom stereocenters. The van der Waals surface area contributed by atoms with Gasteiger partial charge in [0, 0.05) is 19.2 Å². The topological polar surface area (TPSA) is 43.8 Å². The second-order valence-corrected chi connectivity index (χ2v) is 5.43. The fourth-order valence-corrected chi connectivity index (χ4v) is 2.47. The summed E-state index contributed by atoms with van der Waals surface area (Å²) in [6.45, 7) is 4.27. The van der Waals surface area contributed by atoms with Gasteiger partial charge >= 0.3 is 0 Å². The number of rotatable bonds is 2. The van der Waals surface area contributed by atoms with Gasteiger partial charge in [0.1, 0.15) is 5.82 Å². The van der Waals surface area contributed by atoms with E-state index in [1.807, 2.05) is 12.1 Å². The molecule has 0 aliphatic heterocycles. The lowest BCUT2D eigenvalue weighted by Crippen LogP contribution is -1.99. The Labute approximate surface area is 119 Å². The van der Waals surface area contributed by atoms with Crippen LogP contribution in [0.5, 0.6) is 0 Å². The van der Waals surface area contributed by atoms with Gasteiger partial charge in [0.2, 0.25) is 0 Å². The number of anilines is 1. The summed E-state index contributed by atoms with van der Waals surface area (Å²) in [4.78, 5) is 4.76. The molecular weight excluding hydrogens is 246 g/mol. The van der Waals surface area contributed by atoms with Gasteiger partial charge in [-0.25, -0.2) is 4.98 Å². The summed E-state index contributed by atoms with van der Waals surface area (Å²) in [6.07, 6.45) is 0.823. The van der Waals surface area contributed by atoms with Gasteiger partial charge in [0.15, 0.2) is 0 Å². The maximum absolute atomic E-state index is 5.72. The van der Waals surface area contributed by atoms with Crippen LogP contribution in [0.2, 0.25) is 0 Å². The molecule has 2 N–H and O–H groups in total. The molecule has 102 valence electrons. The Morgan fingerprint density at radius 1 is 1.05 bits per heavy atom. The minimum absolute atomic E-state index is 0.796. The van der Waals surface area contributed by atoms with Crippen molar-refractivity contribution in [2.24, 2.45) is 7.05 Å². The van der Waals surface area contributed by atoms with E-state index in [-0.39, 0.29) is 0 Å². The molecule has 0 unspecified atom stereocenters. The van der Waals surface area contributed by atoms with Crippen LogP contribution in [-0.2, 0) is 13.5 Å². The summed E-state index contributed by atoms with van der Waals surface area (Å²) in [6, 6.07) is 12.4. The number of nitrogen functional groups attached to an aromatic ring is 1. The normalized spacial score (nSPS) is 11.2.